The highest BCUT2D eigenvalue weighted by molar-refractivity contribution is 5.76. The Bertz CT molecular complexity index is 1230. The van der Waals surface area contributed by atoms with Gasteiger partial charge in [-0.15, -0.1) is 0 Å². The maximum Gasteiger partial charge on any atom is 0.184 e. The van der Waals surface area contributed by atoms with Crippen LogP contribution in [0.1, 0.15) is 30.9 Å². The van der Waals surface area contributed by atoms with E-state index in [4.69, 9.17) is 4.42 Å². The maximum absolute atomic E-state index is 14.0. The molecule has 6 nitrogen and oxygen atoms in total. The first-order chi connectivity index (χ1) is 16.1. The number of furan rings is 1. The molecule has 1 unspecified atom stereocenters. The Hall–Kier alpha value is -3.49. The van der Waals surface area contributed by atoms with E-state index in [0.29, 0.717) is 11.5 Å². The molecule has 0 amide bonds. The maximum atomic E-state index is 14.0. The Morgan fingerprint density at radius 1 is 1.03 bits per heavy atom. The quantitative estimate of drug-likeness (QED) is 0.356. The summed E-state index contributed by atoms with van der Waals surface area (Å²) in [6.45, 7) is 1.81. The lowest BCUT2D eigenvalue weighted by Gasteiger charge is -2.25. The van der Waals surface area contributed by atoms with Gasteiger partial charge in [0, 0.05) is 11.6 Å². The summed E-state index contributed by atoms with van der Waals surface area (Å²) in [7, 11) is 0. The van der Waals surface area contributed by atoms with Gasteiger partial charge in [-0.1, -0.05) is 12.1 Å². The van der Waals surface area contributed by atoms with Crippen molar-refractivity contribution in [1.29, 1.82) is 0 Å². The van der Waals surface area contributed by atoms with Crippen molar-refractivity contribution in [3.8, 4) is 22.7 Å². The van der Waals surface area contributed by atoms with Gasteiger partial charge in [-0.25, -0.2) is 13.8 Å². The van der Waals surface area contributed by atoms with Gasteiger partial charge in [0.1, 0.15) is 17.3 Å². The monoisotopic (exact) mass is 450 g/mol. The summed E-state index contributed by atoms with van der Waals surface area (Å²) >= 11 is 0. The molecule has 1 atom stereocenters. The summed E-state index contributed by atoms with van der Waals surface area (Å²) in [5.41, 5.74) is 2.38. The van der Waals surface area contributed by atoms with Gasteiger partial charge >= 0.3 is 0 Å². The minimum absolute atomic E-state index is 0.176. The number of hydrogen-bond acceptors (Lipinski definition) is 5. The minimum Gasteiger partial charge on any atom is -0.455 e. The molecule has 0 radical (unpaired) electrons. The highest BCUT2D eigenvalue weighted by Gasteiger charge is 2.25. The molecule has 2 aromatic heterocycles. The molecule has 2 aromatic carbocycles. The van der Waals surface area contributed by atoms with Gasteiger partial charge in [0.15, 0.2) is 17.7 Å². The normalized spacial score (nSPS) is 15.5. The number of imidazole rings is 1. The SMILES string of the molecule is OC(Nc1ccccc1F)c1ccc(-c2c(-c3ccc(F)cc3)ncn2C2CCNCC2)o1. The molecule has 8 heteroatoms. The number of aliphatic hydroxyl groups is 1. The zero-order valence-electron chi connectivity index (χ0n) is 17.8. The highest BCUT2D eigenvalue weighted by atomic mass is 19.1. The Kier molecular flexibility index (Phi) is 5.93. The molecule has 5 rings (SSSR count). The number of rotatable bonds is 6. The number of halogens is 2. The fourth-order valence-corrected chi connectivity index (χ4v) is 4.21. The van der Waals surface area contributed by atoms with E-state index < -0.39 is 12.0 Å². The molecular formula is C25H24F2N4O2. The second-order valence-corrected chi connectivity index (χ2v) is 8.07. The third kappa shape index (κ3) is 4.40. The lowest BCUT2D eigenvalue weighted by atomic mass is 10.0. The van der Waals surface area contributed by atoms with Gasteiger partial charge in [0.05, 0.1) is 17.7 Å². The Morgan fingerprint density at radius 2 is 1.79 bits per heavy atom. The number of nitrogens with zero attached hydrogens (tertiary/aromatic N) is 2. The zero-order valence-corrected chi connectivity index (χ0v) is 17.8. The van der Waals surface area contributed by atoms with Crippen LogP contribution >= 0.6 is 0 Å². The number of benzene rings is 2. The van der Waals surface area contributed by atoms with E-state index in [2.05, 4.69) is 20.2 Å². The van der Waals surface area contributed by atoms with Gasteiger partial charge in [0.2, 0.25) is 0 Å². The molecule has 1 aliphatic heterocycles. The number of piperidine rings is 1. The summed E-state index contributed by atoms with van der Waals surface area (Å²) in [5.74, 6) is -0.0160. The van der Waals surface area contributed by atoms with Crippen molar-refractivity contribution in [3.05, 3.63) is 84.4 Å². The fourth-order valence-electron chi connectivity index (χ4n) is 4.21. The summed E-state index contributed by atoms with van der Waals surface area (Å²) in [6.07, 6.45) is 2.44. The van der Waals surface area contributed by atoms with Crippen LogP contribution in [0.5, 0.6) is 0 Å². The number of para-hydroxylation sites is 1. The molecule has 0 bridgehead atoms. The number of hydrogen-bond donors (Lipinski definition) is 3. The molecule has 0 aliphatic carbocycles. The van der Waals surface area contributed by atoms with E-state index >= 15 is 0 Å². The Balaban J connectivity index is 1.51. The van der Waals surface area contributed by atoms with E-state index in [9.17, 15) is 13.9 Å². The lowest BCUT2D eigenvalue weighted by molar-refractivity contribution is 0.178. The number of anilines is 1. The number of aliphatic hydroxyl groups excluding tert-OH is 1. The zero-order chi connectivity index (χ0) is 22.8. The molecule has 4 aromatic rings. The second-order valence-electron chi connectivity index (χ2n) is 8.07. The molecular weight excluding hydrogens is 426 g/mol. The summed E-state index contributed by atoms with van der Waals surface area (Å²) in [4.78, 5) is 4.63. The first kappa shape index (κ1) is 21.4. The van der Waals surface area contributed by atoms with Crippen molar-refractivity contribution in [1.82, 2.24) is 14.9 Å². The van der Waals surface area contributed by atoms with Crippen LogP contribution in [0.15, 0.2) is 71.4 Å². The lowest BCUT2D eigenvalue weighted by Crippen LogP contribution is -2.29. The molecule has 0 saturated carbocycles. The van der Waals surface area contributed by atoms with Gasteiger partial charge in [0.25, 0.3) is 0 Å². The molecule has 3 N–H and O–H groups in total. The fraction of sp³-hybridized carbons (Fsp3) is 0.240. The van der Waals surface area contributed by atoms with Crippen molar-refractivity contribution in [2.75, 3.05) is 18.4 Å². The molecule has 3 heterocycles. The minimum atomic E-state index is -1.24. The van der Waals surface area contributed by atoms with Crippen LogP contribution in [-0.4, -0.2) is 27.7 Å². The van der Waals surface area contributed by atoms with Crippen LogP contribution in [0.4, 0.5) is 14.5 Å². The van der Waals surface area contributed by atoms with Crippen molar-refractivity contribution >= 4 is 5.69 Å². The molecule has 1 fully saturated rings. The number of aromatic nitrogens is 2. The van der Waals surface area contributed by atoms with Gasteiger partial charge < -0.3 is 24.7 Å². The van der Waals surface area contributed by atoms with Crippen LogP contribution in [0.25, 0.3) is 22.7 Å². The van der Waals surface area contributed by atoms with E-state index in [1.165, 1.54) is 18.2 Å². The van der Waals surface area contributed by atoms with Gasteiger partial charge in [-0.2, -0.15) is 0 Å². The molecule has 170 valence electrons. The topological polar surface area (TPSA) is 75.2 Å². The molecule has 1 saturated heterocycles. The van der Waals surface area contributed by atoms with E-state index in [1.54, 1.807) is 48.8 Å². The van der Waals surface area contributed by atoms with Gasteiger partial charge in [-0.3, -0.25) is 0 Å². The van der Waals surface area contributed by atoms with Crippen LogP contribution in [0.2, 0.25) is 0 Å². The third-order valence-electron chi connectivity index (χ3n) is 5.91. The predicted molar refractivity (Wildman–Crippen MR) is 121 cm³/mol. The van der Waals surface area contributed by atoms with Gasteiger partial charge in [-0.05, 0) is 74.5 Å². The van der Waals surface area contributed by atoms with Crippen LogP contribution in [0, 0.1) is 11.6 Å². The first-order valence-electron chi connectivity index (χ1n) is 10.9. The van der Waals surface area contributed by atoms with E-state index in [0.717, 1.165) is 37.2 Å². The van der Waals surface area contributed by atoms with E-state index in [-0.39, 0.29) is 23.3 Å². The summed E-state index contributed by atoms with van der Waals surface area (Å²) in [6, 6.07) is 15.9. The third-order valence-corrected chi connectivity index (χ3v) is 5.91. The van der Waals surface area contributed by atoms with Crippen LogP contribution < -0.4 is 10.6 Å². The second kappa shape index (κ2) is 9.17. The summed E-state index contributed by atoms with van der Waals surface area (Å²) < 4.78 is 35.6. The van der Waals surface area contributed by atoms with Crippen LogP contribution in [-0.2, 0) is 0 Å². The number of nitrogens with one attached hydrogen (secondary N) is 2. The predicted octanol–water partition coefficient (Wildman–Crippen LogP) is 5.12. The standard InChI is InChI=1S/C25H24F2N4O2/c26-17-7-5-16(6-8-17)23-24(31(15-29-23)18-11-13-28-14-12-18)21-9-10-22(33-21)25(32)30-20-4-2-1-3-19(20)27/h1-10,15,18,25,28,30,32H,11-14H2. The first-order valence-corrected chi connectivity index (χ1v) is 10.9. The van der Waals surface area contributed by atoms with Crippen molar-refractivity contribution in [2.24, 2.45) is 0 Å². The van der Waals surface area contributed by atoms with Crippen LogP contribution in [0.3, 0.4) is 0 Å². The molecule has 1 aliphatic rings. The average molecular weight is 450 g/mol. The largest absolute Gasteiger partial charge is 0.455 e. The average Bonchev–Trinajstić information content (AvgIpc) is 3.49. The van der Waals surface area contributed by atoms with Crippen molar-refractivity contribution in [2.45, 2.75) is 25.1 Å². The highest BCUT2D eigenvalue weighted by Crippen LogP contribution is 2.37. The summed E-state index contributed by atoms with van der Waals surface area (Å²) in [5, 5.41) is 16.7. The van der Waals surface area contributed by atoms with Crippen molar-refractivity contribution < 1.29 is 18.3 Å². The Morgan fingerprint density at radius 3 is 2.55 bits per heavy atom. The molecule has 0 spiro atoms. The van der Waals surface area contributed by atoms with Crippen molar-refractivity contribution in [3.63, 3.8) is 0 Å². The van der Waals surface area contributed by atoms with E-state index in [1.807, 2.05) is 0 Å². The smallest absolute Gasteiger partial charge is 0.184 e. The Labute approximate surface area is 189 Å². The molecule has 33 heavy (non-hydrogen) atoms.